The summed E-state index contributed by atoms with van der Waals surface area (Å²) in [4.78, 5) is 22.6. The lowest BCUT2D eigenvalue weighted by atomic mass is 10.2. The van der Waals surface area contributed by atoms with Gasteiger partial charge in [-0.15, -0.1) is 0 Å². The Morgan fingerprint density at radius 2 is 2.08 bits per heavy atom. The van der Waals surface area contributed by atoms with Crippen molar-refractivity contribution in [3.8, 4) is 5.69 Å². The molecule has 0 atom stereocenters. The predicted molar refractivity (Wildman–Crippen MR) is 80.6 cm³/mol. The van der Waals surface area contributed by atoms with E-state index in [1.54, 1.807) is 6.92 Å². The molecule has 1 aromatic heterocycles. The van der Waals surface area contributed by atoms with Gasteiger partial charge in [-0.3, -0.25) is 4.79 Å². The van der Waals surface area contributed by atoms with E-state index in [0.29, 0.717) is 17.5 Å². The number of carbonyl (C=O) groups excluding carboxylic acids is 1. The van der Waals surface area contributed by atoms with Gasteiger partial charge in [-0.2, -0.15) is 18.3 Å². The van der Waals surface area contributed by atoms with E-state index < -0.39 is 29.3 Å². The molecule has 2 rings (SSSR count). The summed E-state index contributed by atoms with van der Waals surface area (Å²) in [6.45, 7) is 1.86. The molecular weight excluding hydrogens is 343 g/mol. The highest BCUT2D eigenvalue weighted by Gasteiger charge is 2.40. The van der Waals surface area contributed by atoms with Crippen LogP contribution in [-0.4, -0.2) is 40.0 Å². The van der Waals surface area contributed by atoms with Crippen molar-refractivity contribution in [2.75, 3.05) is 18.5 Å². The van der Waals surface area contributed by atoms with Crippen LogP contribution in [0.1, 0.15) is 23.0 Å². The Bertz CT molecular complexity index is 787. The first-order valence-corrected chi connectivity index (χ1v) is 7.10. The number of aromatic carboxylic acids is 1. The zero-order valence-electron chi connectivity index (χ0n) is 13.0. The molecule has 0 aliphatic heterocycles. The summed E-state index contributed by atoms with van der Waals surface area (Å²) >= 11 is 0. The van der Waals surface area contributed by atoms with Gasteiger partial charge >= 0.3 is 12.1 Å². The largest absolute Gasteiger partial charge is 0.478 e. The van der Waals surface area contributed by atoms with E-state index in [1.165, 1.54) is 24.3 Å². The van der Waals surface area contributed by atoms with Crippen LogP contribution >= 0.6 is 0 Å². The average molecular weight is 357 g/mol. The zero-order valence-corrected chi connectivity index (χ0v) is 13.0. The number of carboxylic acid groups (broad SMARTS) is 1. The lowest BCUT2D eigenvalue weighted by molar-refractivity contribution is -0.143. The summed E-state index contributed by atoms with van der Waals surface area (Å²) in [6.07, 6.45) is -4.29. The minimum atomic E-state index is -4.92. The van der Waals surface area contributed by atoms with Crippen molar-refractivity contribution < 1.29 is 32.6 Å². The number of halogens is 3. The molecule has 1 heterocycles. The maximum absolute atomic E-state index is 13.2. The maximum Gasteiger partial charge on any atom is 0.434 e. The predicted octanol–water partition coefficient (Wildman–Crippen LogP) is 2.56. The van der Waals surface area contributed by atoms with Crippen LogP contribution < -0.4 is 5.32 Å². The van der Waals surface area contributed by atoms with Crippen LogP contribution in [0.2, 0.25) is 0 Å². The molecule has 0 radical (unpaired) electrons. The SMILES string of the molecule is CCOCC(=O)Nc1cccc(-n2ncc(C(=O)O)c2C(F)(F)F)c1. The number of carbonyl (C=O) groups is 2. The molecule has 2 aromatic rings. The number of rotatable bonds is 6. The number of alkyl halides is 3. The Morgan fingerprint density at radius 1 is 1.36 bits per heavy atom. The lowest BCUT2D eigenvalue weighted by Gasteiger charge is -2.13. The highest BCUT2D eigenvalue weighted by atomic mass is 19.4. The number of nitrogens with one attached hydrogen (secondary N) is 1. The minimum absolute atomic E-state index is 0.0472. The van der Waals surface area contributed by atoms with Gasteiger partial charge in [0.2, 0.25) is 5.91 Å². The third-order valence-electron chi connectivity index (χ3n) is 3.08. The van der Waals surface area contributed by atoms with Crippen LogP contribution in [0, 0.1) is 0 Å². The van der Waals surface area contributed by atoms with Gasteiger partial charge in [0, 0.05) is 12.3 Å². The normalized spacial score (nSPS) is 11.4. The van der Waals surface area contributed by atoms with Gasteiger partial charge in [0.15, 0.2) is 5.69 Å². The summed E-state index contributed by atoms with van der Waals surface area (Å²) in [7, 11) is 0. The van der Waals surface area contributed by atoms with Crippen molar-refractivity contribution in [3.63, 3.8) is 0 Å². The van der Waals surface area contributed by atoms with Gasteiger partial charge < -0.3 is 15.2 Å². The molecule has 25 heavy (non-hydrogen) atoms. The van der Waals surface area contributed by atoms with Crippen LogP contribution in [-0.2, 0) is 15.7 Å². The molecule has 10 heteroatoms. The Morgan fingerprint density at radius 3 is 2.68 bits per heavy atom. The molecular formula is C15H14F3N3O4. The Balaban J connectivity index is 2.38. The van der Waals surface area contributed by atoms with Crippen molar-refractivity contribution in [2.24, 2.45) is 0 Å². The van der Waals surface area contributed by atoms with Gasteiger partial charge in [0.05, 0.1) is 11.9 Å². The highest BCUT2D eigenvalue weighted by molar-refractivity contribution is 5.92. The molecule has 0 saturated carbocycles. The van der Waals surface area contributed by atoms with Gasteiger partial charge in [-0.25, -0.2) is 9.48 Å². The molecule has 0 fully saturated rings. The van der Waals surface area contributed by atoms with Crippen LogP contribution in [0.25, 0.3) is 5.69 Å². The average Bonchev–Trinajstić information content (AvgIpc) is 2.98. The molecule has 1 aromatic carbocycles. The maximum atomic E-state index is 13.2. The second-order valence-corrected chi connectivity index (χ2v) is 4.86. The van der Waals surface area contributed by atoms with Gasteiger partial charge in [-0.05, 0) is 25.1 Å². The molecule has 2 N–H and O–H groups in total. The number of benzene rings is 1. The van der Waals surface area contributed by atoms with Crippen molar-refractivity contribution in [3.05, 3.63) is 41.7 Å². The molecule has 7 nitrogen and oxygen atoms in total. The molecule has 0 bridgehead atoms. The van der Waals surface area contributed by atoms with Crippen LogP contribution in [0.5, 0.6) is 0 Å². The first-order chi connectivity index (χ1) is 11.7. The van der Waals surface area contributed by atoms with Gasteiger partial charge in [0.25, 0.3) is 0 Å². The second kappa shape index (κ2) is 7.34. The quantitative estimate of drug-likeness (QED) is 0.829. The van der Waals surface area contributed by atoms with Crippen molar-refractivity contribution in [1.82, 2.24) is 9.78 Å². The molecule has 0 saturated heterocycles. The Labute approximate surface area is 140 Å². The van der Waals surface area contributed by atoms with Crippen LogP contribution in [0.4, 0.5) is 18.9 Å². The van der Waals surface area contributed by atoms with Crippen LogP contribution in [0.3, 0.4) is 0 Å². The van der Waals surface area contributed by atoms with Crippen molar-refractivity contribution >= 4 is 17.6 Å². The molecule has 0 unspecified atom stereocenters. The summed E-state index contributed by atoms with van der Waals surface area (Å²) in [6, 6.07) is 5.44. The van der Waals surface area contributed by atoms with E-state index in [2.05, 4.69) is 10.4 Å². The van der Waals surface area contributed by atoms with E-state index >= 15 is 0 Å². The molecule has 0 aliphatic carbocycles. The topological polar surface area (TPSA) is 93.5 Å². The van der Waals surface area contributed by atoms with Crippen LogP contribution in [0.15, 0.2) is 30.5 Å². The number of carboxylic acids is 1. The fraction of sp³-hybridized carbons (Fsp3) is 0.267. The molecule has 0 aliphatic rings. The highest BCUT2D eigenvalue weighted by Crippen LogP contribution is 2.34. The summed E-state index contributed by atoms with van der Waals surface area (Å²) in [5.74, 6) is -2.21. The first-order valence-electron chi connectivity index (χ1n) is 7.10. The number of anilines is 1. The summed E-state index contributed by atoms with van der Waals surface area (Å²) in [5, 5.41) is 14.9. The fourth-order valence-electron chi connectivity index (χ4n) is 2.08. The van der Waals surface area contributed by atoms with E-state index in [1.807, 2.05) is 0 Å². The number of ether oxygens (including phenoxy) is 1. The number of hydrogen-bond donors (Lipinski definition) is 2. The minimum Gasteiger partial charge on any atom is -0.478 e. The smallest absolute Gasteiger partial charge is 0.434 e. The van der Waals surface area contributed by atoms with E-state index in [0.717, 1.165) is 0 Å². The Hall–Kier alpha value is -2.88. The van der Waals surface area contributed by atoms with Gasteiger partial charge in [-0.1, -0.05) is 6.07 Å². The van der Waals surface area contributed by atoms with E-state index in [-0.39, 0.29) is 18.0 Å². The van der Waals surface area contributed by atoms with Crippen molar-refractivity contribution in [2.45, 2.75) is 13.1 Å². The third-order valence-corrected chi connectivity index (χ3v) is 3.08. The summed E-state index contributed by atoms with van der Waals surface area (Å²) in [5.41, 5.74) is -2.19. The Kier molecular flexibility index (Phi) is 5.42. The number of amides is 1. The molecule has 134 valence electrons. The monoisotopic (exact) mass is 357 g/mol. The standard InChI is InChI=1S/C15H14F3N3O4/c1-2-25-8-12(22)20-9-4-3-5-10(6-9)21-13(15(16,17)18)11(7-19-21)14(23)24/h3-7H,2,8H2,1H3,(H,20,22)(H,23,24). The lowest BCUT2D eigenvalue weighted by Crippen LogP contribution is -2.19. The molecule has 0 spiro atoms. The second-order valence-electron chi connectivity index (χ2n) is 4.86. The van der Waals surface area contributed by atoms with Crippen molar-refractivity contribution in [1.29, 1.82) is 0 Å². The zero-order chi connectivity index (χ0) is 18.6. The number of hydrogen-bond acceptors (Lipinski definition) is 4. The number of nitrogens with zero attached hydrogens (tertiary/aromatic N) is 2. The molecule has 1 amide bonds. The van der Waals surface area contributed by atoms with E-state index in [4.69, 9.17) is 9.84 Å². The fourth-order valence-corrected chi connectivity index (χ4v) is 2.08. The third kappa shape index (κ3) is 4.35. The van der Waals surface area contributed by atoms with E-state index in [9.17, 15) is 22.8 Å². The summed E-state index contributed by atoms with van der Waals surface area (Å²) < 4.78 is 45.1. The first kappa shape index (κ1) is 18.5. The van der Waals surface area contributed by atoms with Gasteiger partial charge in [0.1, 0.15) is 12.2 Å². The number of aromatic nitrogens is 2.